The largest absolute Gasteiger partial charge is 0.461 e. The molecule has 0 aliphatic carbocycles. The number of amides is 7. The molecule has 2 aromatic carbocycles. The Morgan fingerprint density at radius 2 is 1.41 bits per heavy atom. The number of hydrogen-bond donors (Lipinski definition) is 4. The van der Waals surface area contributed by atoms with Crippen molar-refractivity contribution in [3.05, 3.63) is 64.7 Å². The molecule has 5 atom stereocenters. The van der Waals surface area contributed by atoms with Gasteiger partial charge in [0.15, 0.2) is 0 Å². The number of nitrogens with zero attached hydrogens (tertiary/aromatic N) is 3. The van der Waals surface area contributed by atoms with Gasteiger partial charge >= 0.3 is 12.0 Å². The molecule has 2 aromatic rings. The second-order valence-electron chi connectivity index (χ2n) is 14.6. The fraction of sp³-hybridized carbons (Fsp3) is 0.525. The molecule has 0 spiro atoms. The third kappa shape index (κ3) is 12.4. The Morgan fingerprint density at radius 3 is 2.05 bits per heavy atom. The lowest BCUT2D eigenvalue weighted by atomic mass is 9.99. The molecule has 7 amide bonds. The van der Waals surface area contributed by atoms with E-state index in [2.05, 4.69) is 54.1 Å². The summed E-state index contributed by atoms with van der Waals surface area (Å²) in [6, 6.07) is 11.8. The van der Waals surface area contributed by atoms with Crippen molar-refractivity contribution in [2.45, 2.75) is 109 Å². The van der Waals surface area contributed by atoms with Gasteiger partial charge in [-0.1, -0.05) is 53.1 Å². The number of carbonyl (C=O) groups is 7. The number of urea groups is 1. The van der Waals surface area contributed by atoms with Crippen LogP contribution in [-0.4, -0.2) is 113 Å². The number of primary amides is 1. The summed E-state index contributed by atoms with van der Waals surface area (Å²) in [7, 11) is 0. The van der Waals surface area contributed by atoms with Crippen molar-refractivity contribution in [1.82, 2.24) is 25.3 Å². The fourth-order valence-electron chi connectivity index (χ4n) is 7.27. The Hall–Kier alpha value is -5.18. The molecule has 5 N–H and O–H groups in total. The summed E-state index contributed by atoms with van der Waals surface area (Å²) < 4.78 is 5.54. The molecule has 16 heteroatoms. The van der Waals surface area contributed by atoms with Crippen LogP contribution in [0.25, 0.3) is 0 Å². The van der Waals surface area contributed by atoms with E-state index in [9.17, 15) is 33.6 Å². The molecular formula is C40H54ClN7O8. The van der Waals surface area contributed by atoms with E-state index in [1.165, 1.54) is 16.0 Å². The van der Waals surface area contributed by atoms with Crippen LogP contribution in [0.3, 0.4) is 0 Å². The highest BCUT2D eigenvalue weighted by Gasteiger charge is 2.43. The molecule has 4 aliphatic heterocycles. The van der Waals surface area contributed by atoms with Crippen LogP contribution < -0.4 is 21.7 Å². The molecular weight excluding hydrogens is 742 g/mol. The number of halogens is 1. The minimum atomic E-state index is -0.820. The number of esters is 1. The van der Waals surface area contributed by atoms with Crippen molar-refractivity contribution in [3.8, 4) is 0 Å². The van der Waals surface area contributed by atoms with Crippen molar-refractivity contribution < 1.29 is 38.3 Å². The Balaban J connectivity index is 0.000000248. The summed E-state index contributed by atoms with van der Waals surface area (Å²) in [4.78, 5) is 91.7. The molecule has 5 unspecified atom stereocenters. The van der Waals surface area contributed by atoms with Crippen LogP contribution in [0.1, 0.15) is 76.3 Å². The lowest BCUT2D eigenvalue weighted by Crippen LogP contribution is -2.59. The molecule has 0 radical (unpaired) electrons. The number of cyclic esters (lactones) is 1. The third-order valence-corrected chi connectivity index (χ3v) is 10.2. The second-order valence-corrected chi connectivity index (χ2v) is 15.0. The number of carbonyl (C=O) groups excluding carboxylic acids is 7. The second kappa shape index (κ2) is 20.7. The summed E-state index contributed by atoms with van der Waals surface area (Å²) in [5.74, 6) is -2.27. The summed E-state index contributed by atoms with van der Waals surface area (Å²) in [5, 5.41) is 8.07. The third-order valence-electron chi connectivity index (χ3n) is 9.94. The molecule has 15 nitrogen and oxygen atoms in total. The Bertz CT molecular complexity index is 1740. The average molecular weight is 796 g/mol. The normalized spacial score (nSPS) is 24.2. The molecule has 6 rings (SSSR count). The molecule has 0 aromatic heterocycles. The molecule has 4 saturated heterocycles. The highest BCUT2D eigenvalue weighted by atomic mass is 35.5. The zero-order chi connectivity index (χ0) is 40.9. The number of anilines is 1. The molecule has 4 aliphatic rings. The van der Waals surface area contributed by atoms with E-state index < -0.39 is 48.2 Å². The zero-order valence-corrected chi connectivity index (χ0v) is 33.3. The molecule has 304 valence electrons. The minimum Gasteiger partial charge on any atom is -0.461 e. The summed E-state index contributed by atoms with van der Waals surface area (Å²) in [6.45, 7) is 8.63. The first-order valence-electron chi connectivity index (χ1n) is 19.2. The van der Waals surface area contributed by atoms with E-state index in [0.29, 0.717) is 62.4 Å². The first-order valence-corrected chi connectivity index (χ1v) is 19.6. The maximum absolute atomic E-state index is 13.5. The van der Waals surface area contributed by atoms with Gasteiger partial charge in [0.25, 0.3) is 0 Å². The highest BCUT2D eigenvalue weighted by Crippen LogP contribution is 2.27. The van der Waals surface area contributed by atoms with E-state index >= 15 is 0 Å². The lowest BCUT2D eigenvalue weighted by molar-refractivity contribution is -0.160. The van der Waals surface area contributed by atoms with Gasteiger partial charge in [0.2, 0.25) is 29.5 Å². The van der Waals surface area contributed by atoms with Gasteiger partial charge in [0.05, 0.1) is 13.0 Å². The standard InChI is InChI=1S/C23H34N4O6.C9H10ClN3O2.C8H10/c1-14-13-19(28)25-11-5-8-17(25)22(31)26-10-4-3-7-16(26)20(29)24-15(2)21(30)27-12-6-9-18(27)23(32)33-14;10-6-2-1-3-7(4-6)13-9(15)12-5-8(11)14;1-7-4-3-5-8(2)6-7/h14-18H,3-13H2,1-2H3,(H,24,29);1-4H,5H2,(H2,11,14)(H2,12,13,15);3-6H,1-2H3. The van der Waals surface area contributed by atoms with E-state index in [-0.39, 0.29) is 36.6 Å². The van der Waals surface area contributed by atoms with Gasteiger partial charge in [-0.05, 0) is 90.8 Å². The Labute approximate surface area is 333 Å². The summed E-state index contributed by atoms with van der Waals surface area (Å²) in [5.41, 5.74) is 8.08. The van der Waals surface area contributed by atoms with Crippen molar-refractivity contribution in [2.75, 3.05) is 31.5 Å². The zero-order valence-electron chi connectivity index (χ0n) is 32.6. The number of ether oxygens (including phenoxy) is 1. The molecule has 0 saturated carbocycles. The van der Waals surface area contributed by atoms with Crippen molar-refractivity contribution in [2.24, 2.45) is 5.73 Å². The first-order chi connectivity index (χ1) is 26.6. The Morgan fingerprint density at radius 1 is 0.804 bits per heavy atom. The predicted octanol–water partition coefficient (Wildman–Crippen LogP) is 3.44. The van der Waals surface area contributed by atoms with E-state index in [1.54, 1.807) is 47.9 Å². The van der Waals surface area contributed by atoms with Crippen molar-refractivity contribution >= 4 is 58.8 Å². The van der Waals surface area contributed by atoms with Crippen molar-refractivity contribution in [1.29, 1.82) is 0 Å². The monoisotopic (exact) mass is 795 g/mol. The lowest BCUT2D eigenvalue weighted by Gasteiger charge is -2.38. The minimum absolute atomic E-state index is 0.0174. The topological polar surface area (TPSA) is 201 Å². The van der Waals surface area contributed by atoms with Crippen molar-refractivity contribution in [3.63, 3.8) is 0 Å². The number of piperidine rings is 1. The fourth-order valence-corrected chi connectivity index (χ4v) is 7.46. The van der Waals surface area contributed by atoms with Crippen LogP contribution >= 0.6 is 11.6 Å². The number of hydrogen-bond acceptors (Lipinski definition) is 8. The van der Waals surface area contributed by atoms with Crippen LogP contribution in [-0.2, 0) is 33.5 Å². The Kier molecular flexibility index (Phi) is 16.1. The first kappa shape index (κ1) is 43.5. The van der Waals surface area contributed by atoms with Gasteiger partial charge in [-0.15, -0.1) is 0 Å². The summed E-state index contributed by atoms with van der Waals surface area (Å²) >= 11 is 5.71. The average Bonchev–Trinajstić information content (AvgIpc) is 3.85. The maximum atomic E-state index is 13.5. The quantitative estimate of drug-likeness (QED) is 0.339. The van der Waals surface area contributed by atoms with E-state index in [1.807, 2.05) is 0 Å². The van der Waals surface area contributed by atoms with Gasteiger partial charge in [0.1, 0.15) is 30.3 Å². The van der Waals surface area contributed by atoms with Crippen LogP contribution in [0.5, 0.6) is 0 Å². The number of nitrogens with one attached hydrogen (secondary N) is 3. The molecule has 0 bridgehead atoms. The van der Waals surface area contributed by atoms with Gasteiger partial charge in [-0.2, -0.15) is 0 Å². The molecule has 4 fully saturated rings. The number of benzene rings is 2. The summed E-state index contributed by atoms with van der Waals surface area (Å²) in [6.07, 6.45) is 3.88. The SMILES string of the molecule is CC1CC(=O)N2CCCC2C(=O)N2CCCCC2C(=O)NC(C)C(=O)N2CCCC2C(=O)O1.Cc1cccc(C)c1.NC(=O)CNC(=O)Nc1cccc(Cl)c1. The highest BCUT2D eigenvalue weighted by molar-refractivity contribution is 6.30. The van der Waals surface area contributed by atoms with Gasteiger partial charge in [-0.25, -0.2) is 9.59 Å². The van der Waals surface area contributed by atoms with Gasteiger partial charge in [-0.3, -0.25) is 24.0 Å². The van der Waals surface area contributed by atoms with Crippen LogP contribution in [0, 0.1) is 13.8 Å². The smallest absolute Gasteiger partial charge is 0.329 e. The number of nitrogens with two attached hydrogens (primary N) is 1. The molecule has 4 heterocycles. The van der Waals surface area contributed by atoms with E-state index in [4.69, 9.17) is 22.1 Å². The number of aryl methyl sites for hydroxylation is 2. The number of rotatable bonds is 3. The van der Waals surface area contributed by atoms with E-state index in [0.717, 1.165) is 12.8 Å². The van der Waals surface area contributed by atoms with Crippen LogP contribution in [0.2, 0.25) is 5.02 Å². The maximum Gasteiger partial charge on any atom is 0.329 e. The van der Waals surface area contributed by atoms with Gasteiger partial charge in [0, 0.05) is 30.3 Å². The van der Waals surface area contributed by atoms with Gasteiger partial charge < -0.3 is 41.1 Å². The van der Waals surface area contributed by atoms with Crippen LogP contribution in [0.15, 0.2) is 48.5 Å². The number of fused-ring (bicyclic) bond motifs is 3. The predicted molar refractivity (Wildman–Crippen MR) is 210 cm³/mol. The van der Waals surface area contributed by atoms with Crippen LogP contribution in [0.4, 0.5) is 10.5 Å². The molecule has 56 heavy (non-hydrogen) atoms.